The number of anilines is 1. The molecule has 122 valence electrons. The Morgan fingerprint density at radius 2 is 1.82 bits per heavy atom. The predicted molar refractivity (Wildman–Crippen MR) is 91.2 cm³/mol. The highest BCUT2D eigenvalue weighted by atomic mass is 16.5. The number of carbonyl (C=O) groups is 1. The van der Waals surface area contributed by atoms with Crippen LogP contribution in [0.5, 0.6) is 5.75 Å². The first-order valence-electron chi connectivity index (χ1n) is 8.76. The van der Waals surface area contributed by atoms with Crippen molar-refractivity contribution in [1.82, 2.24) is 0 Å². The first-order valence-corrected chi connectivity index (χ1v) is 8.76. The fourth-order valence-corrected chi connectivity index (χ4v) is 3.25. The first kappa shape index (κ1) is 16.9. The molecule has 0 atom stereocenters. The van der Waals surface area contributed by atoms with Gasteiger partial charge in [-0.15, -0.1) is 0 Å². The van der Waals surface area contributed by atoms with Gasteiger partial charge in [0.2, 0.25) is 5.91 Å². The number of benzene rings is 1. The Hall–Kier alpha value is -1.51. The van der Waals surface area contributed by atoms with Crippen molar-refractivity contribution in [1.29, 1.82) is 0 Å². The van der Waals surface area contributed by atoms with Crippen LogP contribution in [-0.2, 0) is 4.79 Å². The van der Waals surface area contributed by atoms with Crippen LogP contribution in [0.15, 0.2) is 24.3 Å². The van der Waals surface area contributed by atoms with Crippen molar-refractivity contribution in [3.05, 3.63) is 24.3 Å². The van der Waals surface area contributed by atoms with Crippen molar-refractivity contribution < 1.29 is 9.53 Å². The molecule has 1 saturated carbocycles. The van der Waals surface area contributed by atoms with Crippen molar-refractivity contribution in [3.63, 3.8) is 0 Å². The van der Waals surface area contributed by atoms with E-state index in [1.165, 1.54) is 32.1 Å². The smallest absolute Gasteiger partial charge is 0.227 e. The third kappa shape index (κ3) is 5.04. The lowest BCUT2D eigenvalue weighted by Crippen LogP contribution is -2.27. The van der Waals surface area contributed by atoms with Crippen molar-refractivity contribution in [2.45, 2.75) is 58.8 Å². The average Bonchev–Trinajstić information content (AvgIpc) is 2.55. The number of nitrogens with one attached hydrogen (secondary N) is 1. The fraction of sp³-hybridized carbons (Fsp3) is 0.632. The van der Waals surface area contributed by atoms with E-state index in [4.69, 9.17) is 4.74 Å². The highest BCUT2D eigenvalue weighted by molar-refractivity contribution is 5.92. The summed E-state index contributed by atoms with van der Waals surface area (Å²) in [7, 11) is 0. The molecule has 1 fully saturated rings. The molecule has 3 nitrogen and oxygen atoms in total. The Morgan fingerprint density at radius 3 is 2.41 bits per heavy atom. The van der Waals surface area contributed by atoms with Crippen LogP contribution in [0.25, 0.3) is 0 Å². The number of hydrogen-bond acceptors (Lipinski definition) is 2. The molecule has 1 aromatic rings. The molecular weight excluding hydrogens is 274 g/mol. The second-order valence-corrected chi connectivity index (χ2v) is 6.31. The molecule has 1 amide bonds. The largest absolute Gasteiger partial charge is 0.494 e. The molecule has 1 aliphatic rings. The normalized spacial score (nSPS) is 21.4. The van der Waals surface area contributed by atoms with Gasteiger partial charge in [0.15, 0.2) is 0 Å². The third-order valence-electron chi connectivity index (χ3n) is 4.62. The number of hydrogen-bond donors (Lipinski definition) is 1. The van der Waals surface area contributed by atoms with Crippen LogP contribution in [0.1, 0.15) is 58.8 Å². The molecule has 1 N–H and O–H groups in total. The number of carbonyl (C=O) groups excluding carboxylic acids is 1. The number of unbranched alkanes of at least 4 members (excludes halogenated alkanes) is 1. The molecular formula is C19H29NO2. The summed E-state index contributed by atoms with van der Waals surface area (Å²) in [4.78, 5) is 12.4. The Bertz CT molecular complexity index is 447. The van der Waals surface area contributed by atoms with E-state index in [-0.39, 0.29) is 11.8 Å². The van der Waals surface area contributed by atoms with E-state index in [0.717, 1.165) is 30.2 Å². The van der Waals surface area contributed by atoms with Gasteiger partial charge in [0, 0.05) is 11.6 Å². The molecule has 0 heterocycles. The van der Waals surface area contributed by atoms with Crippen LogP contribution in [-0.4, -0.2) is 12.5 Å². The first-order chi connectivity index (χ1) is 10.7. The molecule has 0 radical (unpaired) electrons. The summed E-state index contributed by atoms with van der Waals surface area (Å²) >= 11 is 0. The second kappa shape index (κ2) is 8.82. The van der Waals surface area contributed by atoms with Crippen LogP contribution in [0, 0.1) is 11.8 Å². The van der Waals surface area contributed by atoms with Gasteiger partial charge in [-0.1, -0.05) is 26.2 Å². The summed E-state index contributed by atoms with van der Waals surface area (Å²) < 4.78 is 5.41. The summed E-state index contributed by atoms with van der Waals surface area (Å²) in [5.41, 5.74) is 0.863. The van der Waals surface area contributed by atoms with Gasteiger partial charge >= 0.3 is 0 Å². The second-order valence-electron chi connectivity index (χ2n) is 6.31. The predicted octanol–water partition coefficient (Wildman–Crippen LogP) is 5.02. The summed E-state index contributed by atoms with van der Waals surface area (Å²) in [5.74, 6) is 2.05. The van der Waals surface area contributed by atoms with Crippen molar-refractivity contribution >= 4 is 11.6 Å². The lowest BCUT2D eigenvalue weighted by Gasteiger charge is -2.27. The Morgan fingerprint density at radius 1 is 1.14 bits per heavy atom. The summed E-state index contributed by atoms with van der Waals surface area (Å²) in [5, 5.41) is 3.04. The lowest BCUT2D eigenvalue weighted by atomic mass is 9.79. The molecule has 0 saturated heterocycles. The van der Waals surface area contributed by atoms with Crippen molar-refractivity contribution in [2.75, 3.05) is 11.9 Å². The van der Waals surface area contributed by atoms with E-state index in [0.29, 0.717) is 6.61 Å². The molecule has 0 spiro atoms. The Balaban J connectivity index is 1.78. The van der Waals surface area contributed by atoms with Crippen LogP contribution in [0.4, 0.5) is 5.69 Å². The molecule has 22 heavy (non-hydrogen) atoms. The van der Waals surface area contributed by atoms with Crippen molar-refractivity contribution in [2.24, 2.45) is 11.8 Å². The average molecular weight is 303 g/mol. The fourth-order valence-electron chi connectivity index (χ4n) is 3.25. The minimum absolute atomic E-state index is 0.179. The highest BCUT2D eigenvalue weighted by Gasteiger charge is 2.25. The molecule has 3 heteroatoms. The molecule has 0 unspecified atom stereocenters. The van der Waals surface area contributed by atoms with Crippen LogP contribution >= 0.6 is 0 Å². The molecule has 0 aliphatic heterocycles. The van der Waals surface area contributed by atoms with E-state index in [1.807, 2.05) is 31.2 Å². The topological polar surface area (TPSA) is 38.3 Å². The molecule has 1 aromatic carbocycles. The van der Waals surface area contributed by atoms with E-state index >= 15 is 0 Å². The highest BCUT2D eigenvalue weighted by Crippen LogP contribution is 2.32. The molecule has 0 bridgehead atoms. The van der Waals surface area contributed by atoms with Gasteiger partial charge in [-0.25, -0.2) is 0 Å². The van der Waals surface area contributed by atoms with E-state index in [9.17, 15) is 4.79 Å². The maximum Gasteiger partial charge on any atom is 0.227 e. The third-order valence-corrected chi connectivity index (χ3v) is 4.62. The zero-order valence-electron chi connectivity index (χ0n) is 13.9. The summed E-state index contributed by atoms with van der Waals surface area (Å²) in [6.45, 7) is 4.87. The lowest BCUT2D eigenvalue weighted by molar-refractivity contribution is -0.121. The maximum absolute atomic E-state index is 12.4. The Kier molecular flexibility index (Phi) is 6.75. The zero-order valence-corrected chi connectivity index (χ0v) is 13.9. The van der Waals surface area contributed by atoms with E-state index in [2.05, 4.69) is 12.2 Å². The van der Waals surface area contributed by atoms with E-state index < -0.39 is 0 Å². The zero-order chi connectivity index (χ0) is 15.8. The van der Waals surface area contributed by atoms with E-state index in [1.54, 1.807) is 0 Å². The standard InChI is InChI=1S/C19H29NO2/c1-3-5-6-15-7-9-16(10-8-15)19(21)20-17-11-13-18(14-12-17)22-4-2/h11-16H,3-10H2,1-2H3,(H,20,21). The minimum atomic E-state index is 0.179. The summed E-state index contributed by atoms with van der Waals surface area (Å²) in [6, 6.07) is 7.63. The van der Waals surface area contributed by atoms with Gasteiger partial charge in [0.25, 0.3) is 0 Å². The van der Waals surface area contributed by atoms with Crippen LogP contribution in [0.2, 0.25) is 0 Å². The minimum Gasteiger partial charge on any atom is -0.494 e. The van der Waals surface area contributed by atoms with Gasteiger partial charge in [0.05, 0.1) is 6.61 Å². The quantitative estimate of drug-likeness (QED) is 0.768. The number of rotatable bonds is 7. The monoisotopic (exact) mass is 303 g/mol. The Labute approximate surface area is 134 Å². The maximum atomic E-state index is 12.4. The van der Waals surface area contributed by atoms with Gasteiger partial charge in [-0.3, -0.25) is 4.79 Å². The number of amides is 1. The van der Waals surface area contributed by atoms with Gasteiger partial charge in [0.1, 0.15) is 5.75 Å². The van der Waals surface area contributed by atoms with Gasteiger partial charge < -0.3 is 10.1 Å². The van der Waals surface area contributed by atoms with Gasteiger partial charge in [-0.05, 0) is 62.8 Å². The number of ether oxygens (including phenoxy) is 1. The molecule has 2 rings (SSSR count). The molecule has 0 aromatic heterocycles. The van der Waals surface area contributed by atoms with Crippen LogP contribution < -0.4 is 10.1 Å². The van der Waals surface area contributed by atoms with Gasteiger partial charge in [-0.2, -0.15) is 0 Å². The SMILES string of the molecule is CCCCC1CCC(C(=O)Nc2ccc(OCC)cc2)CC1. The van der Waals surface area contributed by atoms with Crippen LogP contribution in [0.3, 0.4) is 0 Å². The molecule has 1 aliphatic carbocycles. The van der Waals surface area contributed by atoms with Crippen molar-refractivity contribution in [3.8, 4) is 5.75 Å². The summed E-state index contributed by atoms with van der Waals surface area (Å²) in [6.07, 6.45) is 8.44.